The molecule has 0 saturated carbocycles. The summed E-state index contributed by atoms with van der Waals surface area (Å²) in [7, 11) is 1.50. The van der Waals surface area contributed by atoms with Gasteiger partial charge in [-0.2, -0.15) is 13.2 Å². The average molecular weight is 392 g/mol. The van der Waals surface area contributed by atoms with Gasteiger partial charge < -0.3 is 15.0 Å². The average Bonchev–Trinajstić information content (AvgIpc) is 2.96. The van der Waals surface area contributed by atoms with Gasteiger partial charge in [-0.3, -0.25) is 4.79 Å². The molecule has 0 radical (unpaired) electrons. The lowest BCUT2D eigenvalue weighted by Crippen LogP contribution is -2.27. The Balaban J connectivity index is 1.88. The van der Waals surface area contributed by atoms with E-state index in [1.54, 1.807) is 29.2 Å². The predicted molar refractivity (Wildman–Crippen MR) is 103 cm³/mol. The van der Waals surface area contributed by atoms with Crippen molar-refractivity contribution in [3.63, 3.8) is 0 Å². The molecule has 28 heavy (non-hydrogen) atoms. The molecule has 1 aliphatic heterocycles. The first-order chi connectivity index (χ1) is 13.4. The van der Waals surface area contributed by atoms with Gasteiger partial charge in [0.05, 0.1) is 12.7 Å². The number of benzene rings is 2. The van der Waals surface area contributed by atoms with Crippen LogP contribution in [-0.4, -0.2) is 26.1 Å². The van der Waals surface area contributed by atoms with Gasteiger partial charge in [0.15, 0.2) is 0 Å². The van der Waals surface area contributed by atoms with Crippen LogP contribution in [0.1, 0.15) is 41.6 Å². The van der Waals surface area contributed by atoms with Crippen molar-refractivity contribution in [2.45, 2.75) is 31.9 Å². The molecule has 0 aromatic heterocycles. The lowest BCUT2D eigenvalue weighted by atomic mass is 10.1. The zero-order valence-electron chi connectivity index (χ0n) is 15.7. The number of hydrogen-bond acceptors (Lipinski definition) is 3. The van der Waals surface area contributed by atoms with Crippen molar-refractivity contribution < 1.29 is 22.7 Å². The molecule has 3 rings (SSSR count). The SMILES string of the molecule is COc1cccc(NC(=O)c2ccc(N3CCCCCC3)c(C(F)(F)F)c2)c1. The zero-order valence-corrected chi connectivity index (χ0v) is 15.7. The van der Waals surface area contributed by atoms with Crippen LogP contribution in [0, 0.1) is 0 Å². The third-order valence-electron chi connectivity index (χ3n) is 4.84. The van der Waals surface area contributed by atoms with Crippen LogP contribution in [0.3, 0.4) is 0 Å². The fraction of sp³-hybridized carbons (Fsp3) is 0.381. The first-order valence-electron chi connectivity index (χ1n) is 9.30. The minimum Gasteiger partial charge on any atom is -0.497 e. The van der Waals surface area contributed by atoms with Crippen molar-refractivity contribution in [1.82, 2.24) is 0 Å². The normalized spacial score (nSPS) is 15.1. The van der Waals surface area contributed by atoms with E-state index >= 15 is 0 Å². The van der Waals surface area contributed by atoms with Crippen LogP contribution in [0.2, 0.25) is 0 Å². The molecule has 1 saturated heterocycles. The van der Waals surface area contributed by atoms with Gasteiger partial charge in [-0.15, -0.1) is 0 Å². The van der Waals surface area contributed by atoms with Gasteiger partial charge in [-0.05, 0) is 43.2 Å². The molecule has 1 fully saturated rings. The number of carbonyl (C=O) groups is 1. The molecule has 7 heteroatoms. The predicted octanol–water partition coefficient (Wildman–Crippen LogP) is 5.35. The second kappa shape index (κ2) is 8.54. The van der Waals surface area contributed by atoms with Crippen molar-refractivity contribution >= 4 is 17.3 Å². The topological polar surface area (TPSA) is 41.6 Å². The largest absolute Gasteiger partial charge is 0.497 e. The number of methoxy groups -OCH3 is 1. The summed E-state index contributed by atoms with van der Waals surface area (Å²) in [6, 6.07) is 10.5. The molecule has 0 bridgehead atoms. The molecule has 1 aliphatic rings. The molecule has 2 aromatic rings. The summed E-state index contributed by atoms with van der Waals surface area (Å²) in [6.07, 6.45) is -0.740. The second-order valence-electron chi connectivity index (χ2n) is 6.82. The molecular weight excluding hydrogens is 369 g/mol. The number of nitrogens with one attached hydrogen (secondary N) is 1. The van der Waals surface area contributed by atoms with Crippen molar-refractivity contribution in [3.05, 3.63) is 53.6 Å². The van der Waals surface area contributed by atoms with Crippen molar-refractivity contribution in [1.29, 1.82) is 0 Å². The molecule has 1 N–H and O–H groups in total. The molecule has 4 nitrogen and oxygen atoms in total. The summed E-state index contributed by atoms with van der Waals surface area (Å²) in [5, 5.41) is 2.62. The number of ether oxygens (including phenoxy) is 1. The lowest BCUT2D eigenvalue weighted by molar-refractivity contribution is -0.137. The zero-order chi connectivity index (χ0) is 20.1. The van der Waals surface area contributed by atoms with Gasteiger partial charge in [0.1, 0.15) is 5.75 Å². The van der Waals surface area contributed by atoms with Crippen molar-refractivity contribution in [2.24, 2.45) is 0 Å². The Morgan fingerprint density at radius 1 is 1.04 bits per heavy atom. The molecular formula is C21H23F3N2O2. The minimum atomic E-state index is -4.53. The maximum absolute atomic E-state index is 13.7. The van der Waals surface area contributed by atoms with Crippen molar-refractivity contribution in [2.75, 3.05) is 30.4 Å². The van der Waals surface area contributed by atoms with Crippen LogP contribution in [0.4, 0.5) is 24.5 Å². The van der Waals surface area contributed by atoms with Crippen molar-refractivity contribution in [3.8, 4) is 5.75 Å². The van der Waals surface area contributed by atoms with E-state index < -0.39 is 17.6 Å². The summed E-state index contributed by atoms with van der Waals surface area (Å²) >= 11 is 0. The number of amides is 1. The van der Waals surface area contributed by atoms with Gasteiger partial charge in [0.25, 0.3) is 5.91 Å². The van der Waals surface area contributed by atoms with Gasteiger partial charge in [0.2, 0.25) is 0 Å². The molecule has 0 atom stereocenters. The van der Waals surface area contributed by atoms with Crippen LogP contribution in [-0.2, 0) is 6.18 Å². The van der Waals surface area contributed by atoms with Crippen LogP contribution in [0.5, 0.6) is 5.75 Å². The van der Waals surface area contributed by atoms with Crippen LogP contribution < -0.4 is 15.0 Å². The number of alkyl halides is 3. The molecule has 2 aromatic carbocycles. The molecule has 150 valence electrons. The molecule has 0 unspecified atom stereocenters. The van der Waals surface area contributed by atoms with Crippen LogP contribution >= 0.6 is 0 Å². The highest BCUT2D eigenvalue weighted by atomic mass is 19.4. The smallest absolute Gasteiger partial charge is 0.418 e. The van der Waals surface area contributed by atoms with Gasteiger partial charge in [-0.1, -0.05) is 18.9 Å². The van der Waals surface area contributed by atoms with Gasteiger partial charge in [0, 0.05) is 36.1 Å². The summed E-state index contributed by atoms with van der Waals surface area (Å²) in [5.74, 6) is -0.0496. The molecule has 1 heterocycles. The highest BCUT2D eigenvalue weighted by molar-refractivity contribution is 6.04. The third-order valence-corrected chi connectivity index (χ3v) is 4.84. The fourth-order valence-corrected chi connectivity index (χ4v) is 3.40. The van der Waals surface area contributed by atoms with E-state index in [1.807, 2.05) is 0 Å². The first-order valence-corrected chi connectivity index (χ1v) is 9.30. The molecule has 0 aliphatic carbocycles. The van der Waals surface area contributed by atoms with E-state index in [9.17, 15) is 18.0 Å². The number of halogens is 3. The number of nitrogens with zero attached hydrogens (tertiary/aromatic N) is 1. The Hall–Kier alpha value is -2.70. The van der Waals surface area contributed by atoms with E-state index in [0.29, 0.717) is 24.5 Å². The Kier molecular flexibility index (Phi) is 6.11. The maximum atomic E-state index is 13.7. The highest BCUT2D eigenvalue weighted by Gasteiger charge is 2.35. The Labute approximate surface area is 162 Å². The number of carbonyl (C=O) groups excluding carboxylic acids is 1. The Morgan fingerprint density at radius 3 is 2.39 bits per heavy atom. The van der Waals surface area contributed by atoms with Crippen LogP contribution in [0.15, 0.2) is 42.5 Å². The summed E-state index contributed by atoms with van der Waals surface area (Å²) in [5.41, 5.74) is -0.205. The fourth-order valence-electron chi connectivity index (χ4n) is 3.40. The van der Waals surface area contributed by atoms with Gasteiger partial charge >= 0.3 is 6.18 Å². The minimum absolute atomic E-state index is 0.0336. The first kappa shape index (κ1) is 20.0. The summed E-state index contributed by atoms with van der Waals surface area (Å²) in [4.78, 5) is 14.3. The van der Waals surface area contributed by atoms with Crippen LogP contribution in [0.25, 0.3) is 0 Å². The van der Waals surface area contributed by atoms with E-state index in [-0.39, 0.29) is 11.3 Å². The summed E-state index contributed by atoms with van der Waals surface area (Å²) < 4.78 is 46.2. The van der Waals surface area contributed by atoms with E-state index in [2.05, 4.69) is 5.32 Å². The third kappa shape index (κ3) is 4.77. The Bertz CT molecular complexity index is 829. The maximum Gasteiger partial charge on any atom is 0.418 e. The number of hydrogen-bond donors (Lipinski definition) is 1. The summed E-state index contributed by atoms with van der Waals surface area (Å²) in [6.45, 7) is 1.19. The lowest BCUT2D eigenvalue weighted by Gasteiger charge is -2.26. The van der Waals surface area contributed by atoms with E-state index in [0.717, 1.165) is 31.7 Å². The molecule has 0 spiro atoms. The Morgan fingerprint density at radius 2 is 1.75 bits per heavy atom. The quantitative estimate of drug-likeness (QED) is 0.763. The standard InChI is InChI=1S/C21H23F3N2O2/c1-28-17-8-6-7-16(14-17)25-20(27)15-9-10-19(18(13-15)21(22,23)24)26-11-4-2-3-5-12-26/h6-10,13-14H,2-5,11-12H2,1H3,(H,25,27). The number of anilines is 2. The van der Waals surface area contributed by atoms with E-state index in [1.165, 1.54) is 19.2 Å². The van der Waals surface area contributed by atoms with E-state index in [4.69, 9.17) is 4.74 Å². The molecule has 1 amide bonds. The highest BCUT2D eigenvalue weighted by Crippen LogP contribution is 2.38. The number of rotatable bonds is 4. The second-order valence-corrected chi connectivity index (χ2v) is 6.82. The van der Waals surface area contributed by atoms with Gasteiger partial charge in [-0.25, -0.2) is 0 Å². The monoisotopic (exact) mass is 392 g/mol.